The van der Waals surface area contributed by atoms with Gasteiger partial charge < -0.3 is 24.2 Å². The number of nitrogens with zero attached hydrogens (tertiary/aromatic N) is 2. The molecule has 0 bridgehead atoms. The van der Waals surface area contributed by atoms with Crippen molar-refractivity contribution >= 4 is 34.8 Å². The molecule has 0 radical (unpaired) electrons. The highest BCUT2D eigenvalue weighted by molar-refractivity contribution is 6.51. The van der Waals surface area contributed by atoms with Crippen LogP contribution in [-0.4, -0.2) is 57.2 Å². The van der Waals surface area contributed by atoms with E-state index in [9.17, 15) is 19.5 Å². The zero-order chi connectivity index (χ0) is 29.0. The number of aliphatic hydroxyl groups excluding tert-OH is 1. The topological polar surface area (TPSA) is 106 Å². The number of amides is 1. The summed E-state index contributed by atoms with van der Waals surface area (Å²) in [6.07, 6.45) is 0. The third-order valence-electron chi connectivity index (χ3n) is 6.56. The summed E-state index contributed by atoms with van der Waals surface area (Å²) in [7, 11) is 5.10. The van der Waals surface area contributed by atoms with Crippen molar-refractivity contribution in [3.05, 3.63) is 89.0 Å². The van der Waals surface area contributed by atoms with Crippen molar-refractivity contribution in [3.63, 3.8) is 0 Å². The van der Waals surface area contributed by atoms with E-state index in [1.54, 1.807) is 37.3 Å². The Balaban J connectivity index is 1.91. The molecule has 4 rings (SSSR count). The third kappa shape index (κ3) is 5.36. The number of hydrogen-bond donors (Lipinski definition) is 1. The van der Waals surface area contributed by atoms with E-state index in [4.69, 9.17) is 14.2 Å². The second kappa shape index (κ2) is 11.9. The van der Waals surface area contributed by atoms with Gasteiger partial charge in [0.2, 0.25) is 0 Å². The van der Waals surface area contributed by atoms with E-state index in [1.807, 2.05) is 50.2 Å². The minimum atomic E-state index is -0.943. The molecule has 9 heteroatoms. The van der Waals surface area contributed by atoms with Crippen LogP contribution in [0.1, 0.15) is 41.4 Å². The predicted molar refractivity (Wildman–Crippen MR) is 152 cm³/mol. The first kappa shape index (κ1) is 28.2. The molecule has 0 aromatic heterocycles. The Kier molecular flexibility index (Phi) is 8.43. The van der Waals surface area contributed by atoms with Crippen molar-refractivity contribution < 1.29 is 33.7 Å². The largest absolute Gasteiger partial charge is 0.507 e. The van der Waals surface area contributed by atoms with E-state index in [-0.39, 0.29) is 16.9 Å². The number of methoxy groups -OCH3 is 1. The first-order valence-electron chi connectivity index (χ1n) is 12.9. The Labute approximate surface area is 233 Å². The average Bonchev–Trinajstić information content (AvgIpc) is 3.22. The summed E-state index contributed by atoms with van der Waals surface area (Å²) in [5, 5.41) is 11.6. The van der Waals surface area contributed by atoms with E-state index in [0.29, 0.717) is 41.5 Å². The maximum atomic E-state index is 13.6. The lowest BCUT2D eigenvalue weighted by Crippen LogP contribution is -2.29. The molecule has 1 aliphatic rings. The van der Waals surface area contributed by atoms with Crippen molar-refractivity contribution in [2.24, 2.45) is 0 Å². The van der Waals surface area contributed by atoms with E-state index < -0.39 is 23.7 Å². The summed E-state index contributed by atoms with van der Waals surface area (Å²) < 4.78 is 16.1. The number of carbonyl (C=O) groups is 3. The molecular formula is C31H32N2O7. The predicted octanol–water partition coefficient (Wildman–Crippen LogP) is 4.96. The van der Waals surface area contributed by atoms with Gasteiger partial charge in [0, 0.05) is 31.5 Å². The maximum absolute atomic E-state index is 13.6. The first-order chi connectivity index (χ1) is 19.2. The number of ketones is 1. The van der Waals surface area contributed by atoms with Crippen LogP contribution in [0.5, 0.6) is 11.5 Å². The van der Waals surface area contributed by atoms with Crippen LogP contribution in [0, 0.1) is 0 Å². The molecule has 0 aliphatic carbocycles. The van der Waals surface area contributed by atoms with Crippen LogP contribution in [0.25, 0.3) is 5.76 Å². The number of esters is 1. The number of carbonyl (C=O) groups excluding carboxylic acids is 3. The van der Waals surface area contributed by atoms with Gasteiger partial charge in [0.05, 0.1) is 43.1 Å². The van der Waals surface area contributed by atoms with Gasteiger partial charge in [-0.05, 0) is 67.9 Å². The molecule has 1 fully saturated rings. The highest BCUT2D eigenvalue weighted by atomic mass is 16.5. The minimum Gasteiger partial charge on any atom is -0.507 e. The zero-order valence-electron chi connectivity index (χ0n) is 23.1. The summed E-state index contributed by atoms with van der Waals surface area (Å²) in [4.78, 5) is 42.3. The molecule has 0 saturated carbocycles. The fourth-order valence-corrected chi connectivity index (χ4v) is 4.62. The van der Waals surface area contributed by atoms with Gasteiger partial charge in [0.25, 0.3) is 11.7 Å². The molecule has 1 N–H and O–H groups in total. The normalized spacial score (nSPS) is 16.1. The Morgan fingerprint density at radius 1 is 0.925 bits per heavy atom. The van der Waals surface area contributed by atoms with Crippen molar-refractivity contribution in [3.8, 4) is 11.5 Å². The van der Waals surface area contributed by atoms with Crippen LogP contribution in [0.4, 0.5) is 11.4 Å². The summed E-state index contributed by atoms with van der Waals surface area (Å²) >= 11 is 0. The zero-order valence-corrected chi connectivity index (χ0v) is 23.1. The molecule has 9 nitrogen and oxygen atoms in total. The van der Waals surface area contributed by atoms with Crippen LogP contribution < -0.4 is 19.3 Å². The second-order valence-corrected chi connectivity index (χ2v) is 9.22. The van der Waals surface area contributed by atoms with Gasteiger partial charge >= 0.3 is 5.97 Å². The molecule has 1 heterocycles. The fourth-order valence-electron chi connectivity index (χ4n) is 4.62. The number of aliphatic hydroxyl groups is 1. The Hall–Kier alpha value is -4.79. The number of Topliss-reactive ketones (excluding diaryl/α,β-unsaturated/α-hetero) is 1. The van der Waals surface area contributed by atoms with Crippen molar-refractivity contribution in [1.29, 1.82) is 0 Å². The number of benzene rings is 3. The minimum absolute atomic E-state index is 0.0789. The second-order valence-electron chi connectivity index (χ2n) is 9.22. The molecule has 1 aliphatic heterocycles. The molecule has 1 unspecified atom stereocenters. The van der Waals surface area contributed by atoms with Gasteiger partial charge in [-0.3, -0.25) is 14.5 Å². The molecule has 208 valence electrons. The standard InChI is InChI=1S/C31H32N2O7/c1-6-39-23-16-17-24(25(18-23)40-7-2)28(34)26-27(19-8-12-21(13-9-19)32(3)4)33(30(36)29(26)35)22-14-10-20(11-15-22)31(37)38-5/h8-18,27,34H,6-7H2,1-5H3/b28-26-. The molecule has 3 aromatic carbocycles. The SMILES string of the molecule is CCOc1ccc(/C(O)=C2/C(=O)C(=O)N(c3ccc(C(=O)OC)cc3)C2c2ccc(N(C)C)cc2)c(OCC)c1. The quantitative estimate of drug-likeness (QED) is 0.174. The van der Waals surface area contributed by atoms with E-state index in [2.05, 4.69) is 0 Å². The Morgan fingerprint density at radius 2 is 1.57 bits per heavy atom. The lowest BCUT2D eigenvalue weighted by molar-refractivity contribution is -0.132. The maximum Gasteiger partial charge on any atom is 0.337 e. The average molecular weight is 545 g/mol. The monoisotopic (exact) mass is 544 g/mol. The lowest BCUT2D eigenvalue weighted by atomic mass is 9.94. The summed E-state index contributed by atoms with van der Waals surface area (Å²) in [5.41, 5.74) is 2.40. The molecule has 0 spiro atoms. The van der Waals surface area contributed by atoms with Gasteiger partial charge in [0.1, 0.15) is 17.3 Å². The highest BCUT2D eigenvalue weighted by Crippen LogP contribution is 2.44. The van der Waals surface area contributed by atoms with Crippen LogP contribution >= 0.6 is 0 Å². The number of hydrogen-bond acceptors (Lipinski definition) is 8. The van der Waals surface area contributed by atoms with Crippen molar-refractivity contribution in [1.82, 2.24) is 0 Å². The van der Waals surface area contributed by atoms with Gasteiger partial charge in [-0.2, -0.15) is 0 Å². The summed E-state index contributed by atoms with van der Waals surface area (Å²) in [6.45, 7) is 4.42. The van der Waals surface area contributed by atoms with Crippen LogP contribution in [0.2, 0.25) is 0 Å². The molecule has 40 heavy (non-hydrogen) atoms. The van der Waals surface area contributed by atoms with Gasteiger partial charge in [-0.25, -0.2) is 4.79 Å². The van der Waals surface area contributed by atoms with Crippen molar-refractivity contribution in [2.75, 3.05) is 44.2 Å². The summed E-state index contributed by atoms with van der Waals surface area (Å²) in [6, 6.07) is 17.5. The van der Waals surface area contributed by atoms with Crippen molar-refractivity contribution in [2.45, 2.75) is 19.9 Å². The van der Waals surface area contributed by atoms with Crippen LogP contribution in [0.3, 0.4) is 0 Å². The Bertz CT molecular complexity index is 1440. The number of ether oxygens (including phenoxy) is 3. The first-order valence-corrected chi connectivity index (χ1v) is 12.9. The fraction of sp³-hybridized carbons (Fsp3) is 0.258. The smallest absolute Gasteiger partial charge is 0.337 e. The van der Waals surface area contributed by atoms with Gasteiger partial charge in [-0.1, -0.05) is 12.1 Å². The number of anilines is 2. The summed E-state index contributed by atoms with van der Waals surface area (Å²) in [5.74, 6) is -1.67. The van der Waals surface area contributed by atoms with E-state index >= 15 is 0 Å². The van der Waals surface area contributed by atoms with Gasteiger partial charge in [-0.15, -0.1) is 0 Å². The van der Waals surface area contributed by atoms with Crippen LogP contribution in [-0.2, 0) is 14.3 Å². The lowest BCUT2D eigenvalue weighted by Gasteiger charge is -2.26. The molecule has 1 atom stereocenters. The molecule has 1 saturated heterocycles. The van der Waals surface area contributed by atoms with E-state index in [1.165, 1.54) is 24.1 Å². The molecule has 1 amide bonds. The Morgan fingerprint density at radius 3 is 2.15 bits per heavy atom. The third-order valence-corrected chi connectivity index (χ3v) is 6.56. The van der Waals surface area contributed by atoms with E-state index in [0.717, 1.165) is 5.69 Å². The van der Waals surface area contributed by atoms with Crippen LogP contribution in [0.15, 0.2) is 72.3 Å². The molecule has 3 aromatic rings. The molecular weight excluding hydrogens is 512 g/mol. The van der Waals surface area contributed by atoms with Gasteiger partial charge in [0.15, 0.2) is 0 Å². The highest BCUT2D eigenvalue weighted by Gasteiger charge is 2.47. The number of rotatable bonds is 9.